The second-order valence-corrected chi connectivity index (χ2v) is 6.55. The van der Waals surface area contributed by atoms with Gasteiger partial charge in [-0.15, -0.1) is 0 Å². The van der Waals surface area contributed by atoms with Gasteiger partial charge in [0.05, 0.1) is 0 Å². The minimum absolute atomic E-state index is 0.169. The van der Waals surface area contributed by atoms with Crippen molar-refractivity contribution in [2.75, 3.05) is 5.32 Å². The number of nitrogens with one attached hydrogen (secondary N) is 1. The molecule has 1 atom stereocenters. The number of hydrogen-bond donors (Lipinski definition) is 1. The predicted molar refractivity (Wildman–Crippen MR) is 88.2 cm³/mol. The average Bonchev–Trinajstić information content (AvgIpc) is 3.01. The van der Waals surface area contributed by atoms with Crippen LogP contribution in [0.3, 0.4) is 0 Å². The lowest BCUT2D eigenvalue weighted by Gasteiger charge is -2.32. The van der Waals surface area contributed by atoms with Crippen molar-refractivity contribution in [1.82, 2.24) is 14.8 Å². The maximum atomic E-state index is 12.6. The van der Waals surface area contributed by atoms with E-state index in [1.807, 2.05) is 4.68 Å². The van der Waals surface area contributed by atoms with Gasteiger partial charge in [-0.2, -0.15) is 10.1 Å². The van der Waals surface area contributed by atoms with Crippen LogP contribution in [0.4, 0.5) is 5.95 Å². The van der Waals surface area contributed by atoms with E-state index in [9.17, 15) is 4.79 Å². The zero-order valence-corrected chi connectivity index (χ0v) is 13.4. The molecule has 5 heteroatoms. The molecule has 23 heavy (non-hydrogen) atoms. The van der Waals surface area contributed by atoms with E-state index < -0.39 is 0 Å². The topological polar surface area (TPSA) is 59.8 Å². The first-order chi connectivity index (χ1) is 11.1. The number of carbonyl (C=O) groups is 1. The number of nitrogens with zero attached hydrogens (tertiary/aromatic N) is 3. The summed E-state index contributed by atoms with van der Waals surface area (Å²) in [6, 6.07) is 8.35. The van der Waals surface area contributed by atoms with Crippen LogP contribution in [-0.4, -0.2) is 20.5 Å². The minimum Gasteiger partial charge on any atom is -0.328 e. The molecule has 0 fully saturated rings. The highest BCUT2D eigenvalue weighted by atomic mass is 16.1. The van der Waals surface area contributed by atoms with Gasteiger partial charge in [0.15, 0.2) is 5.78 Å². The normalized spacial score (nSPS) is 20.3. The number of aromatic nitrogens is 3. The molecule has 1 aromatic heterocycles. The number of hydrogen-bond acceptors (Lipinski definition) is 4. The van der Waals surface area contributed by atoms with Gasteiger partial charge in [0.25, 0.3) is 0 Å². The molecule has 0 spiro atoms. The van der Waals surface area contributed by atoms with E-state index >= 15 is 0 Å². The van der Waals surface area contributed by atoms with Gasteiger partial charge in [-0.1, -0.05) is 38.1 Å². The van der Waals surface area contributed by atoms with Gasteiger partial charge in [0.1, 0.15) is 12.4 Å². The molecule has 0 unspecified atom stereocenters. The van der Waals surface area contributed by atoms with Crippen LogP contribution in [0.15, 0.2) is 41.9 Å². The van der Waals surface area contributed by atoms with E-state index in [1.54, 1.807) is 6.33 Å². The van der Waals surface area contributed by atoms with Gasteiger partial charge in [0.2, 0.25) is 5.95 Å². The largest absolute Gasteiger partial charge is 0.328 e. The van der Waals surface area contributed by atoms with Crippen LogP contribution in [-0.2, 0) is 4.79 Å². The molecule has 0 amide bonds. The fourth-order valence-electron chi connectivity index (χ4n) is 3.47. The zero-order valence-electron chi connectivity index (χ0n) is 13.4. The number of anilines is 1. The molecule has 1 N–H and O–H groups in total. The van der Waals surface area contributed by atoms with E-state index in [4.69, 9.17) is 0 Å². The maximum Gasteiger partial charge on any atom is 0.226 e. The van der Waals surface area contributed by atoms with Crippen LogP contribution >= 0.6 is 0 Å². The van der Waals surface area contributed by atoms with E-state index in [0.717, 1.165) is 35.6 Å². The summed E-state index contributed by atoms with van der Waals surface area (Å²) in [6.45, 7) is 4.36. The Labute approximate surface area is 135 Å². The summed E-state index contributed by atoms with van der Waals surface area (Å²) in [7, 11) is 0. The molecule has 118 valence electrons. The first-order valence-electron chi connectivity index (χ1n) is 8.18. The van der Waals surface area contributed by atoms with E-state index in [2.05, 4.69) is 53.5 Å². The Morgan fingerprint density at radius 1 is 1.22 bits per heavy atom. The lowest BCUT2D eigenvalue weighted by molar-refractivity contribution is -0.116. The van der Waals surface area contributed by atoms with Crippen LogP contribution < -0.4 is 5.32 Å². The molecule has 2 aliphatic rings. The Bertz CT molecular complexity index is 786. The molecule has 1 aliphatic heterocycles. The van der Waals surface area contributed by atoms with Gasteiger partial charge in [0, 0.05) is 17.7 Å². The highest BCUT2D eigenvalue weighted by Crippen LogP contribution is 2.39. The van der Waals surface area contributed by atoms with Gasteiger partial charge < -0.3 is 5.32 Å². The molecule has 0 saturated carbocycles. The van der Waals surface area contributed by atoms with E-state index in [-0.39, 0.29) is 11.8 Å². The van der Waals surface area contributed by atoms with Crippen molar-refractivity contribution in [2.45, 2.75) is 45.1 Å². The third-order valence-corrected chi connectivity index (χ3v) is 4.73. The minimum atomic E-state index is -0.169. The fraction of sp³-hybridized carbons (Fsp3) is 0.389. The van der Waals surface area contributed by atoms with Crippen molar-refractivity contribution in [2.24, 2.45) is 0 Å². The maximum absolute atomic E-state index is 12.6. The molecule has 0 bridgehead atoms. The lowest BCUT2D eigenvalue weighted by Crippen LogP contribution is -2.31. The van der Waals surface area contributed by atoms with Crippen molar-refractivity contribution in [3.63, 3.8) is 0 Å². The van der Waals surface area contributed by atoms with Crippen LogP contribution in [0, 0.1) is 0 Å². The Morgan fingerprint density at radius 3 is 2.74 bits per heavy atom. The number of rotatable bonds is 2. The molecule has 2 heterocycles. The number of Topliss-reactive ketones (excluding diaryl/α,β-unsaturated/α-hetero) is 1. The first kappa shape index (κ1) is 14.2. The second kappa shape index (κ2) is 5.33. The second-order valence-electron chi connectivity index (χ2n) is 6.55. The number of ketones is 1. The molecule has 5 nitrogen and oxygen atoms in total. The van der Waals surface area contributed by atoms with Gasteiger partial charge in [-0.05, 0) is 29.9 Å². The van der Waals surface area contributed by atoms with Gasteiger partial charge in [-0.25, -0.2) is 4.68 Å². The third kappa shape index (κ3) is 2.27. The lowest BCUT2D eigenvalue weighted by atomic mass is 9.85. The van der Waals surface area contributed by atoms with Crippen molar-refractivity contribution in [1.29, 1.82) is 0 Å². The number of carbonyl (C=O) groups excluding carboxylic acids is 1. The molecule has 0 saturated heterocycles. The molecule has 0 radical (unpaired) electrons. The molecule has 4 rings (SSSR count). The fourth-order valence-corrected chi connectivity index (χ4v) is 3.47. The standard InChI is InChI=1S/C18H20N4O/c1-11(2)12-6-8-13(9-7-12)17-16-14(4-3-5-15(16)23)21-18-19-10-20-22(17)18/h6-11,17H,3-5H2,1-2H3,(H,19,20,21)/t17-/m0/s1. The molecular weight excluding hydrogens is 288 g/mol. The predicted octanol–water partition coefficient (Wildman–Crippen LogP) is 3.42. The van der Waals surface area contributed by atoms with Gasteiger partial charge >= 0.3 is 0 Å². The van der Waals surface area contributed by atoms with Crippen LogP contribution in [0.25, 0.3) is 0 Å². The van der Waals surface area contributed by atoms with Crippen molar-refractivity contribution in [3.05, 3.63) is 53.0 Å². The Hall–Kier alpha value is -2.43. The summed E-state index contributed by atoms with van der Waals surface area (Å²) in [4.78, 5) is 16.8. The number of fused-ring (bicyclic) bond motifs is 1. The highest BCUT2D eigenvalue weighted by molar-refractivity contribution is 5.99. The van der Waals surface area contributed by atoms with Crippen molar-refractivity contribution >= 4 is 11.7 Å². The van der Waals surface area contributed by atoms with Crippen LogP contribution in [0.5, 0.6) is 0 Å². The summed E-state index contributed by atoms with van der Waals surface area (Å²) in [5.41, 5.74) is 4.25. The quantitative estimate of drug-likeness (QED) is 0.923. The monoisotopic (exact) mass is 308 g/mol. The van der Waals surface area contributed by atoms with Crippen LogP contribution in [0.1, 0.15) is 56.2 Å². The first-order valence-corrected chi connectivity index (χ1v) is 8.18. The average molecular weight is 308 g/mol. The molecule has 2 aromatic rings. The molecule has 1 aromatic carbocycles. The third-order valence-electron chi connectivity index (χ3n) is 4.73. The smallest absolute Gasteiger partial charge is 0.226 e. The Morgan fingerprint density at radius 2 is 2.00 bits per heavy atom. The van der Waals surface area contributed by atoms with Crippen molar-refractivity contribution in [3.8, 4) is 0 Å². The number of allylic oxidation sites excluding steroid dienone is 2. The summed E-state index contributed by atoms with van der Waals surface area (Å²) >= 11 is 0. The summed E-state index contributed by atoms with van der Waals surface area (Å²) in [5, 5.41) is 7.64. The Balaban J connectivity index is 1.84. The van der Waals surface area contributed by atoms with Crippen molar-refractivity contribution < 1.29 is 4.79 Å². The Kier molecular flexibility index (Phi) is 3.29. The summed E-state index contributed by atoms with van der Waals surface area (Å²) < 4.78 is 1.83. The number of benzene rings is 1. The van der Waals surface area contributed by atoms with E-state index in [1.165, 1.54) is 5.56 Å². The van der Waals surface area contributed by atoms with E-state index in [0.29, 0.717) is 12.3 Å². The summed E-state index contributed by atoms with van der Waals surface area (Å²) in [6.07, 6.45) is 3.96. The highest BCUT2D eigenvalue weighted by Gasteiger charge is 2.35. The van der Waals surface area contributed by atoms with Crippen LogP contribution in [0.2, 0.25) is 0 Å². The zero-order chi connectivity index (χ0) is 16.0. The SMILES string of the molecule is CC(C)c1ccc([C@H]2C3=C(CCCC3=O)Nc3ncnn32)cc1. The molecular formula is C18H20N4O. The summed E-state index contributed by atoms with van der Waals surface area (Å²) in [5.74, 6) is 1.43. The van der Waals surface area contributed by atoms with Gasteiger partial charge in [-0.3, -0.25) is 4.79 Å². The molecule has 1 aliphatic carbocycles.